The molecular formula is C24H28N2O4. The zero-order chi connectivity index (χ0) is 21.7. The third kappa shape index (κ3) is 4.71. The van der Waals surface area contributed by atoms with Crippen LogP contribution in [-0.2, 0) is 11.2 Å². The van der Waals surface area contributed by atoms with Crippen molar-refractivity contribution < 1.29 is 19.4 Å². The summed E-state index contributed by atoms with van der Waals surface area (Å²) in [6.45, 7) is 9.55. The van der Waals surface area contributed by atoms with Gasteiger partial charge in [-0.2, -0.15) is 0 Å². The lowest BCUT2D eigenvalue weighted by atomic mass is 10.1. The van der Waals surface area contributed by atoms with Crippen molar-refractivity contribution in [1.82, 2.24) is 9.47 Å². The predicted octanol–water partition coefficient (Wildman–Crippen LogP) is 3.99. The quantitative estimate of drug-likeness (QED) is 0.580. The van der Waals surface area contributed by atoms with Crippen molar-refractivity contribution in [1.29, 1.82) is 0 Å². The first kappa shape index (κ1) is 21.6. The number of carbonyl (C=O) groups excluding carboxylic acids is 1. The van der Waals surface area contributed by atoms with Crippen LogP contribution in [0.5, 0.6) is 5.75 Å². The molecular weight excluding hydrogens is 380 g/mol. The number of aromatic nitrogens is 1. The second-order valence-electron chi connectivity index (χ2n) is 7.25. The molecule has 0 radical (unpaired) electrons. The van der Waals surface area contributed by atoms with Crippen LogP contribution < -0.4 is 4.74 Å². The maximum absolute atomic E-state index is 13.2. The van der Waals surface area contributed by atoms with Crippen molar-refractivity contribution in [2.24, 2.45) is 0 Å². The molecule has 6 nitrogen and oxygen atoms in total. The fraction of sp³-hybridized carbons (Fsp3) is 0.333. The number of benzene rings is 2. The summed E-state index contributed by atoms with van der Waals surface area (Å²) in [6, 6.07) is 14.4. The van der Waals surface area contributed by atoms with E-state index >= 15 is 0 Å². The minimum atomic E-state index is -0.893. The molecule has 0 atom stereocenters. The zero-order valence-electron chi connectivity index (χ0n) is 17.7. The summed E-state index contributed by atoms with van der Waals surface area (Å²) in [5, 5.41) is 9.94. The molecule has 30 heavy (non-hydrogen) atoms. The van der Waals surface area contributed by atoms with Crippen LogP contribution in [0.25, 0.3) is 10.9 Å². The molecule has 0 bridgehead atoms. The number of aliphatic carboxylic acids is 1. The van der Waals surface area contributed by atoms with Gasteiger partial charge in [0.15, 0.2) is 0 Å². The number of likely N-dealkylation sites (N-methyl/N-ethyl adjacent to an activating group) is 1. The SMILES string of the molecule is CCN(CC)CCOc1ccc(C(=O)n2c(C)cc3c(CC(=O)O)cccc32)cc1. The van der Waals surface area contributed by atoms with E-state index in [1.54, 1.807) is 28.8 Å². The van der Waals surface area contributed by atoms with E-state index in [0.29, 0.717) is 17.7 Å². The maximum atomic E-state index is 13.2. The van der Waals surface area contributed by atoms with E-state index < -0.39 is 5.97 Å². The Morgan fingerprint density at radius 2 is 1.77 bits per heavy atom. The number of ether oxygens (including phenoxy) is 1. The van der Waals surface area contributed by atoms with Gasteiger partial charge in [-0.1, -0.05) is 26.0 Å². The van der Waals surface area contributed by atoms with E-state index in [4.69, 9.17) is 9.84 Å². The Morgan fingerprint density at radius 1 is 1.07 bits per heavy atom. The molecule has 158 valence electrons. The number of carbonyl (C=O) groups is 2. The van der Waals surface area contributed by atoms with Gasteiger partial charge >= 0.3 is 5.97 Å². The van der Waals surface area contributed by atoms with Crippen LogP contribution in [-0.4, -0.2) is 52.7 Å². The number of aryl methyl sites for hydroxylation is 1. The van der Waals surface area contributed by atoms with Gasteiger partial charge in [-0.15, -0.1) is 0 Å². The molecule has 0 fully saturated rings. The highest BCUT2D eigenvalue weighted by Gasteiger charge is 2.17. The molecule has 3 rings (SSSR count). The molecule has 3 aromatic rings. The van der Waals surface area contributed by atoms with Gasteiger partial charge in [-0.25, -0.2) is 0 Å². The van der Waals surface area contributed by atoms with Crippen LogP contribution in [0.15, 0.2) is 48.5 Å². The van der Waals surface area contributed by atoms with Crippen molar-refractivity contribution in [3.63, 3.8) is 0 Å². The van der Waals surface area contributed by atoms with Crippen LogP contribution in [0.3, 0.4) is 0 Å². The standard InChI is InChI=1S/C24H28N2O4/c1-4-25(5-2)13-14-30-20-11-9-18(10-12-20)24(29)26-17(3)15-21-19(16-23(27)28)7-6-8-22(21)26/h6-12,15H,4-5,13-14,16H2,1-3H3,(H,27,28). The largest absolute Gasteiger partial charge is 0.492 e. The average molecular weight is 408 g/mol. The Balaban J connectivity index is 1.79. The minimum absolute atomic E-state index is 0.0749. The first-order chi connectivity index (χ1) is 14.4. The molecule has 0 aliphatic carbocycles. The van der Waals surface area contributed by atoms with Crippen molar-refractivity contribution in [2.45, 2.75) is 27.2 Å². The number of carboxylic acids is 1. The molecule has 0 saturated carbocycles. The van der Waals surface area contributed by atoms with Crippen molar-refractivity contribution >= 4 is 22.8 Å². The predicted molar refractivity (Wildman–Crippen MR) is 117 cm³/mol. The molecule has 0 saturated heterocycles. The first-order valence-corrected chi connectivity index (χ1v) is 10.3. The number of hydrogen-bond donors (Lipinski definition) is 1. The number of fused-ring (bicyclic) bond motifs is 1. The van der Waals surface area contributed by atoms with Crippen LogP contribution >= 0.6 is 0 Å². The normalized spacial score (nSPS) is 11.2. The van der Waals surface area contributed by atoms with Gasteiger partial charge < -0.3 is 14.7 Å². The highest BCUT2D eigenvalue weighted by Crippen LogP contribution is 2.25. The lowest BCUT2D eigenvalue weighted by Crippen LogP contribution is -2.27. The maximum Gasteiger partial charge on any atom is 0.307 e. The molecule has 0 spiro atoms. The second kappa shape index (κ2) is 9.59. The van der Waals surface area contributed by atoms with E-state index in [1.165, 1.54) is 0 Å². The molecule has 1 heterocycles. The summed E-state index contributed by atoms with van der Waals surface area (Å²) in [5.74, 6) is -0.308. The first-order valence-electron chi connectivity index (χ1n) is 10.3. The van der Waals surface area contributed by atoms with Crippen LogP contribution in [0.4, 0.5) is 0 Å². The molecule has 0 amide bonds. The monoisotopic (exact) mass is 408 g/mol. The highest BCUT2D eigenvalue weighted by molar-refractivity contribution is 6.04. The summed E-state index contributed by atoms with van der Waals surface area (Å²) in [5.41, 5.74) is 2.74. The molecule has 0 aliphatic rings. The fourth-order valence-electron chi connectivity index (χ4n) is 3.67. The smallest absolute Gasteiger partial charge is 0.307 e. The van der Waals surface area contributed by atoms with E-state index in [9.17, 15) is 9.59 Å². The summed E-state index contributed by atoms with van der Waals surface area (Å²) in [6.07, 6.45) is -0.0749. The summed E-state index contributed by atoms with van der Waals surface area (Å²) in [7, 11) is 0. The zero-order valence-corrected chi connectivity index (χ0v) is 17.7. The van der Waals surface area contributed by atoms with Gasteiger partial charge in [-0.3, -0.25) is 14.2 Å². The average Bonchev–Trinajstić information content (AvgIpc) is 3.08. The third-order valence-corrected chi connectivity index (χ3v) is 5.34. The molecule has 0 aliphatic heterocycles. The Kier molecular flexibility index (Phi) is 6.90. The Hall–Kier alpha value is -3.12. The Bertz CT molecular complexity index is 1030. The number of carboxylic acid groups (broad SMARTS) is 1. The van der Waals surface area contributed by atoms with E-state index in [1.807, 2.05) is 31.2 Å². The van der Waals surface area contributed by atoms with Crippen molar-refractivity contribution in [3.8, 4) is 5.75 Å². The summed E-state index contributed by atoms with van der Waals surface area (Å²) in [4.78, 5) is 26.6. The molecule has 1 N–H and O–H groups in total. The minimum Gasteiger partial charge on any atom is -0.492 e. The Labute approximate surface area is 176 Å². The molecule has 6 heteroatoms. The van der Waals surface area contributed by atoms with E-state index in [-0.39, 0.29) is 12.3 Å². The van der Waals surface area contributed by atoms with Crippen LogP contribution in [0.2, 0.25) is 0 Å². The molecule has 2 aromatic carbocycles. The van der Waals surface area contributed by atoms with E-state index in [2.05, 4.69) is 18.7 Å². The number of nitrogens with zero attached hydrogens (tertiary/aromatic N) is 2. The Morgan fingerprint density at radius 3 is 2.40 bits per heavy atom. The summed E-state index contributed by atoms with van der Waals surface area (Å²) >= 11 is 0. The molecule has 0 unspecified atom stereocenters. The fourth-order valence-corrected chi connectivity index (χ4v) is 3.67. The number of hydrogen-bond acceptors (Lipinski definition) is 4. The molecule has 1 aromatic heterocycles. The van der Waals surface area contributed by atoms with Gasteiger partial charge in [0, 0.05) is 23.2 Å². The van der Waals surface area contributed by atoms with Crippen molar-refractivity contribution in [2.75, 3.05) is 26.2 Å². The topological polar surface area (TPSA) is 71.8 Å². The third-order valence-electron chi connectivity index (χ3n) is 5.34. The highest BCUT2D eigenvalue weighted by atomic mass is 16.5. The lowest BCUT2D eigenvalue weighted by molar-refractivity contribution is -0.136. The van der Waals surface area contributed by atoms with Gasteiger partial charge in [0.05, 0.1) is 11.9 Å². The van der Waals surface area contributed by atoms with Crippen LogP contribution in [0, 0.1) is 6.92 Å². The number of rotatable bonds is 9. The van der Waals surface area contributed by atoms with E-state index in [0.717, 1.165) is 42.0 Å². The van der Waals surface area contributed by atoms with Gasteiger partial charge in [0.2, 0.25) is 0 Å². The lowest BCUT2D eigenvalue weighted by Gasteiger charge is -2.18. The van der Waals surface area contributed by atoms with Gasteiger partial charge in [0.25, 0.3) is 5.91 Å². The van der Waals surface area contributed by atoms with Crippen LogP contribution in [0.1, 0.15) is 35.5 Å². The van der Waals surface area contributed by atoms with Gasteiger partial charge in [-0.05, 0) is 62.0 Å². The van der Waals surface area contributed by atoms with Crippen molar-refractivity contribution in [3.05, 3.63) is 65.4 Å². The van der Waals surface area contributed by atoms with Gasteiger partial charge in [0.1, 0.15) is 12.4 Å². The summed E-state index contributed by atoms with van der Waals surface area (Å²) < 4.78 is 7.43. The second-order valence-corrected chi connectivity index (χ2v) is 7.25.